The van der Waals surface area contributed by atoms with E-state index in [0.29, 0.717) is 5.56 Å². The van der Waals surface area contributed by atoms with Gasteiger partial charge in [-0.3, -0.25) is 9.78 Å². The maximum atomic E-state index is 12.7. The number of para-hydroxylation sites is 1. The molecule has 0 atom stereocenters. The Kier molecular flexibility index (Phi) is 6.36. The monoisotopic (exact) mass is 325 g/mol. The Morgan fingerprint density at radius 2 is 1.71 bits per heavy atom. The summed E-state index contributed by atoms with van der Waals surface area (Å²) in [7, 11) is 0. The van der Waals surface area contributed by atoms with E-state index in [-0.39, 0.29) is 5.91 Å². The lowest BCUT2D eigenvalue weighted by atomic mass is 10.1. The van der Waals surface area contributed by atoms with Crippen molar-refractivity contribution in [1.29, 1.82) is 0 Å². The molecule has 0 radical (unpaired) electrons. The third-order valence-corrected chi connectivity index (χ3v) is 4.01. The molecule has 4 heteroatoms. The number of hydrogen-bond acceptors (Lipinski definition) is 3. The molecule has 128 valence electrons. The third kappa shape index (κ3) is 4.34. The SMILES string of the molecule is CCCN(CCC)C(=O)c1cncc(Nc2c(C)cccc2C)c1. The summed E-state index contributed by atoms with van der Waals surface area (Å²) in [4.78, 5) is 18.9. The molecule has 0 unspecified atom stereocenters. The van der Waals surface area contributed by atoms with Crippen molar-refractivity contribution >= 4 is 17.3 Å². The number of aromatic nitrogens is 1. The van der Waals surface area contributed by atoms with Gasteiger partial charge in [0.15, 0.2) is 0 Å². The van der Waals surface area contributed by atoms with Crippen LogP contribution in [0.15, 0.2) is 36.7 Å². The number of rotatable bonds is 7. The van der Waals surface area contributed by atoms with Crippen molar-refractivity contribution in [2.24, 2.45) is 0 Å². The van der Waals surface area contributed by atoms with Crippen LogP contribution in [0.3, 0.4) is 0 Å². The molecule has 2 rings (SSSR count). The molecule has 0 spiro atoms. The van der Waals surface area contributed by atoms with E-state index in [0.717, 1.165) is 37.3 Å². The Morgan fingerprint density at radius 3 is 2.29 bits per heavy atom. The van der Waals surface area contributed by atoms with Crippen LogP contribution in [0.2, 0.25) is 0 Å². The number of amides is 1. The predicted octanol–water partition coefficient (Wildman–Crippen LogP) is 4.70. The van der Waals surface area contributed by atoms with Gasteiger partial charge in [-0.25, -0.2) is 0 Å². The Bertz CT molecular complexity index is 671. The van der Waals surface area contributed by atoms with Gasteiger partial charge in [-0.15, -0.1) is 0 Å². The summed E-state index contributed by atoms with van der Waals surface area (Å²) >= 11 is 0. The van der Waals surface area contributed by atoms with Gasteiger partial charge in [0.2, 0.25) is 0 Å². The van der Waals surface area contributed by atoms with Crippen LogP contribution in [0.25, 0.3) is 0 Å². The van der Waals surface area contributed by atoms with Gasteiger partial charge in [0, 0.05) is 25.0 Å². The zero-order chi connectivity index (χ0) is 17.5. The van der Waals surface area contributed by atoms with Crippen molar-refractivity contribution < 1.29 is 4.79 Å². The van der Waals surface area contributed by atoms with Gasteiger partial charge in [-0.1, -0.05) is 32.0 Å². The summed E-state index contributed by atoms with van der Waals surface area (Å²) in [5.41, 5.74) is 4.89. The van der Waals surface area contributed by atoms with Crippen molar-refractivity contribution in [1.82, 2.24) is 9.88 Å². The van der Waals surface area contributed by atoms with Gasteiger partial charge in [0.25, 0.3) is 5.91 Å². The lowest BCUT2D eigenvalue weighted by Gasteiger charge is -2.21. The Hall–Kier alpha value is -2.36. The van der Waals surface area contributed by atoms with Crippen LogP contribution in [0.4, 0.5) is 11.4 Å². The minimum Gasteiger partial charge on any atom is -0.354 e. The van der Waals surface area contributed by atoms with E-state index in [1.54, 1.807) is 12.4 Å². The molecule has 0 saturated carbocycles. The molecule has 0 saturated heterocycles. The van der Waals surface area contributed by atoms with Gasteiger partial charge in [0.05, 0.1) is 17.4 Å². The van der Waals surface area contributed by atoms with Crippen LogP contribution >= 0.6 is 0 Å². The Labute approximate surface area is 144 Å². The summed E-state index contributed by atoms with van der Waals surface area (Å²) < 4.78 is 0. The first-order chi connectivity index (χ1) is 11.6. The smallest absolute Gasteiger partial charge is 0.255 e. The largest absolute Gasteiger partial charge is 0.354 e. The lowest BCUT2D eigenvalue weighted by Crippen LogP contribution is -2.32. The first-order valence-electron chi connectivity index (χ1n) is 8.64. The molecular formula is C20H27N3O. The molecule has 1 heterocycles. The zero-order valence-electron chi connectivity index (χ0n) is 15.1. The van der Waals surface area contributed by atoms with E-state index in [9.17, 15) is 4.79 Å². The molecule has 0 aliphatic rings. The second-order valence-electron chi connectivity index (χ2n) is 6.15. The van der Waals surface area contributed by atoms with Crippen LogP contribution in [-0.2, 0) is 0 Å². The fourth-order valence-corrected chi connectivity index (χ4v) is 2.82. The minimum absolute atomic E-state index is 0.0522. The van der Waals surface area contributed by atoms with Crippen LogP contribution in [0.1, 0.15) is 48.2 Å². The van der Waals surface area contributed by atoms with Gasteiger partial charge in [0.1, 0.15) is 0 Å². The highest BCUT2D eigenvalue weighted by Gasteiger charge is 2.15. The van der Waals surface area contributed by atoms with Crippen molar-refractivity contribution in [2.45, 2.75) is 40.5 Å². The molecule has 1 N–H and O–H groups in total. The average molecular weight is 325 g/mol. The molecule has 0 aliphatic carbocycles. The number of carbonyl (C=O) groups excluding carboxylic acids is 1. The van der Waals surface area contributed by atoms with Crippen molar-refractivity contribution in [2.75, 3.05) is 18.4 Å². The molecule has 1 aromatic heterocycles. The number of carbonyl (C=O) groups is 1. The first kappa shape index (κ1) is 18.0. The van der Waals surface area contributed by atoms with E-state index in [1.165, 1.54) is 11.1 Å². The summed E-state index contributed by atoms with van der Waals surface area (Å²) in [6.07, 6.45) is 5.32. The van der Waals surface area contributed by atoms with E-state index in [2.05, 4.69) is 50.1 Å². The Morgan fingerprint density at radius 1 is 1.08 bits per heavy atom. The minimum atomic E-state index is 0.0522. The maximum Gasteiger partial charge on any atom is 0.255 e. The zero-order valence-corrected chi connectivity index (χ0v) is 15.1. The van der Waals surface area contributed by atoms with Crippen LogP contribution in [0.5, 0.6) is 0 Å². The van der Waals surface area contributed by atoms with E-state index in [1.807, 2.05) is 17.0 Å². The third-order valence-electron chi connectivity index (χ3n) is 4.01. The molecular weight excluding hydrogens is 298 g/mol. The quantitative estimate of drug-likeness (QED) is 0.802. The molecule has 2 aromatic rings. The second-order valence-corrected chi connectivity index (χ2v) is 6.15. The molecule has 24 heavy (non-hydrogen) atoms. The highest BCUT2D eigenvalue weighted by molar-refractivity contribution is 5.95. The molecule has 4 nitrogen and oxygen atoms in total. The summed E-state index contributed by atoms with van der Waals surface area (Å²) in [6, 6.07) is 8.07. The number of pyridine rings is 1. The van der Waals surface area contributed by atoms with Gasteiger partial charge in [-0.05, 0) is 43.9 Å². The number of aryl methyl sites for hydroxylation is 2. The van der Waals surface area contributed by atoms with E-state index < -0.39 is 0 Å². The van der Waals surface area contributed by atoms with E-state index in [4.69, 9.17) is 0 Å². The normalized spacial score (nSPS) is 10.5. The first-order valence-corrected chi connectivity index (χ1v) is 8.64. The topological polar surface area (TPSA) is 45.2 Å². The number of nitrogens with one attached hydrogen (secondary N) is 1. The van der Waals surface area contributed by atoms with Gasteiger partial charge < -0.3 is 10.2 Å². The highest BCUT2D eigenvalue weighted by atomic mass is 16.2. The molecule has 1 amide bonds. The molecule has 0 aliphatic heterocycles. The highest BCUT2D eigenvalue weighted by Crippen LogP contribution is 2.24. The standard InChI is InChI=1S/C20H27N3O/c1-5-10-23(11-6-2)20(24)17-12-18(14-21-13-17)22-19-15(3)8-7-9-16(19)4/h7-9,12-14,22H,5-6,10-11H2,1-4H3. The number of hydrogen-bond donors (Lipinski definition) is 1. The Balaban J connectivity index is 2.23. The van der Waals surface area contributed by atoms with Crippen LogP contribution in [0, 0.1) is 13.8 Å². The number of anilines is 2. The summed E-state index contributed by atoms with van der Waals surface area (Å²) in [5.74, 6) is 0.0522. The fraction of sp³-hybridized carbons (Fsp3) is 0.400. The van der Waals surface area contributed by atoms with E-state index >= 15 is 0 Å². The van der Waals surface area contributed by atoms with Crippen LogP contribution in [-0.4, -0.2) is 28.9 Å². The maximum absolute atomic E-state index is 12.7. The van der Waals surface area contributed by atoms with Crippen molar-refractivity contribution in [3.05, 3.63) is 53.3 Å². The lowest BCUT2D eigenvalue weighted by molar-refractivity contribution is 0.0755. The van der Waals surface area contributed by atoms with Crippen LogP contribution < -0.4 is 5.32 Å². The summed E-state index contributed by atoms with van der Waals surface area (Å²) in [6.45, 7) is 9.88. The number of nitrogens with zero attached hydrogens (tertiary/aromatic N) is 2. The fourth-order valence-electron chi connectivity index (χ4n) is 2.82. The number of benzene rings is 1. The average Bonchev–Trinajstić information content (AvgIpc) is 2.58. The van der Waals surface area contributed by atoms with Gasteiger partial charge >= 0.3 is 0 Å². The molecule has 1 aromatic carbocycles. The summed E-state index contributed by atoms with van der Waals surface area (Å²) in [5, 5.41) is 3.41. The molecule has 0 fully saturated rings. The van der Waals surface area contributed by atoms with Crippen molar-refractivity contribution in [3.8, 4) is 0 Å². The molecule has 0 bridgehead atoms. The van der Waals surface area contributed by atoms with Crippen molar-refractivity contribution in [3.63, 3.8) is 0 Å². The predicted molar refractivity (Wildman–Crippen MR) is 99.9 cm³/mol. The second kappa shape index (κ2) is 8.48. The van der Waals surface area contributed by atoms with Gasteiger partial charge in [-0.2, -0.15) is 0 Å².